The summed E-state index contributed by atoms with van der Waals surface area (Å²) in [7, 11) is 0. The fourth-order valence-corrected chi connectivity index (χ4v) is 5.36. The maximum Gasteiger partial charge on any atom is 0.339 e. The van der Waals surface area contributed by atoms with Gasteiger partial charge >= 0.3 is 11.9 Å². The molecule has 0 atom stereocenters. The van der Waals surface area contributed by atoms with Crippen molar-refractivity contribution in [3.8, 4) is 0 Å². The predicted octanol–water partition coefficient (Wildman–Crippen LogP) is 13.2. The SMILES string of the molecule is CCCCCCCCCCCCCCCC.CCCCCCCCOC(=O)c1ccccc1C(=O)OCCCCCCCC. The van der Waals surface area contributed by atoms with Crippen molar-refractivity contribution in [2.24, 2.45) is 0 Å². The summed E-state index contributed by atoms with van der Waals surface area (Å²) in [5.41, 5.74) is 0.586. The molecular formula is C40H72O4. The molecule has 44 heavy (non-hydrogen) atoms. The van der Waals surface area contributed by atoms with Crippen LogP contribution in [0.15, 0.2) is 24.3 Å². The normalized spacial score (nSPS) is 10.7. The highest BCUT2D eigenvalue weighted by Crippen LogP contribution is 2.15. The number of rotatable bonds is 29. The molecule has 0 amide bonds. The minimum Gasteiger partial charge on any atom is -0.462 e. The van der Waals surface area contributed by atoms with E-state index >= 15 is 0 Å². The monoisotopic (exact) mass is 617 g/mol. The van der Waals surface area contributed by atoms with E-state index in [0.717, 1.165) is 25.7 Å². The van der Waals surface area contributed by atoms with Crippen molar-refractivity contribution in [3.63, 3.8) is 0 Å². The first-order chi connectivity index (χ1) is 21.6. The number of carbonyl (C=O) groups excluding carboxylic acids is 2. The summed E-state index contributed by atoms with van der Waals surface area (Å²) in [5.74, 6) is -0.888. The second-order valence-electron chi connectivity index (χ2n) is 12.6. The Balaban J connectivity index is 0.000000983. The van der Waals surface area contributed by atoms with Gasteiger partial charge in [-0.3, -0.25) is 0 Å². The first-order valence-corrected chi connectivity index (χ1v) is 19.0. The van der Waals surface area contributed by atoms with E-state index in [2.05, 4.69) is 27.7 Å². The van der Waals surface area contributed by atoms with Gasteiger partial charge in [0.1, 0.15) is 0 Å². The zero-order chi connectivity index (χ0) is 32.4. The summed E-state index contributed by atoms with van der Waals surface area (Å²) in [5, 5.41) is 0. The molecule has 0 saturated carbocycles. The molecule has 256 valence electrons. The molecule has 1 rings (SSSR count). The smallest absolute Gasteiger partial charge is 0.339 e. The first-order valence-electron chi connectivity index (χ1n) is 19.0. The van der Waals surface area contributed by atoms with Crippen LogP contribution in [-0.4, -0.2) is 25.2 Å². The van der Waals surface area contributed by atoms with Gasteiger partial charge in [-0.2, -0.15) is 0 Å². The molecule has 0 aromatic heterocycles. The molecule has 1 aromatic rings. The number of ether oxygens (including phenoxy) is 2. The standard InChI is InChI=1S/C24H38O4.C16H34/c1-3-5-7-9-11-15-19-27-23(25)21-17-13-14-18-22(21)24(26)28-20-16-12-10-8-6-4-2;1-3-5-7-9-11-13-15-16-14-12-10-8-6-4-2/h13-14,17-18H,3-12,15-16,19-20H2,1-2H3;3-16H2,1-2H3. The molecule has 0 heterocycles. The van der Waals surface area contributed by atoms with Crippen LogP contribution in [0.5, 0.6) is 0 Å². The van der Waals surface area contributed by atoms with Crippen LogP contribution in [0.25, 0.3) is 0 Å². The lowest BCUT2D eigenvalue weighted by Gasteiger charge is -2.10. The molecule has 0 aliphatic rings. The van der Waals surface area contributed by atoms with Crippen LogP contribution in [0.1, 0.15) is 215 Å². The molecule has 0 saturated heterocycles. The van der Waals surface area contributed by atoms with Crippen molar-refractivity contribution in [2.75, 3.05) is 13.2 Å². The van der Waals surface area contributed by atoms with E-state index in [1.54, 1.807) is 24.3 Å². The lowest BCUT2D eigenvalue weighted by atomic mass is 10.0. The second kappa shape index (κ2) is 34.0. The van der Waals surface area contributed by atoms with Gasteiger partial charge in [-0.1, -0.05) is 194 Å². The number of unbranched alkanes of at least 4 members (excludes halogenated alkanes) is 23. The Morgan fingerprint density at radius 2 is 0.614 bits per heavy atom. The van der Waals surface area contributed by atoms with Crippen LogP contribution < -0.4 is 0 Å². The fraction of sp³-hybridized carbons (Fsp3) is 0.800. The summed E-state index contributed by atoms with van der Waals surface area (Å²) in [6.07, 6.45) is 34.0. The zero-order valence-electron chi connectivity index (χ0n) is 29.7. The van der Waals surface area contributed by atoms with Gasteiger partial charge < -0.3 is 9.47 Å². The Labute approximate surface area is 273 Å². The summed E-state index contributed by atoms with van der Waals surface area (Å²) < 4.78 is 10.7. The van der Waals surface area contributed by atoms with E-state index in [4.69, 9.17) is 9.47 Å². The maximum atomic E-state index is 12.4. The number of carbonyl (C=O) groups is 2. The van der Waals surface area contributed by atoms with Crippen molar-refractivity contribution in [1.82, 2.24) is 0 Å². The Morgan fingerprint density at radius 1 is 0.386 bits per heavy atom. The van der Waals surface area contributed by atoms with Crippen molar-refractivity contribution in [2.45, 2.75) is 195 Å². The van der Waals surface area contributed by atoms with Gasteiger partial charge in [0.05, 0.1) is 24.3 Å². The van der Waals surface area contributed by atoms with Crippen molar-refractivity contribution < 1.29 is 19.1 Å². The van der Waals surface area contributed by atoms with Gasteiger partial charge in [-0.25, -0.2) is 9.59 Å². The topological polar surface area (TPSA) is 52.6 Å². The van der Waals surface area contributed by atoms with E-state index in [0.29, 0.717) is 24.3 Å². The average Bonchev–Trinajstić information content (AvgIpc) is 3.04. The van der Waals surface area contributed by atoms with Crippen LogP contribution in [-0.2, 0) is 9.47 Å². The molecule has 0 radical (unpaired) electrons. The molecule has 0 N–H and O–H groups in total. The van der Waals surface area contributed by atoms with E-state index in [-0.39, 0.29) is 0 Å². The molecule has 4 nitrogen and oxygen atoms in total. The highest BCUT2D eigenvalue weighted by Gasteiger charge is 2.18. The molecular weight excluding hydrogens is 544 g/mol. The van der Waals surface area contributed by atoms with Crippen LogP contribution in [0, 0.1) is 0 Å². The van der Waals surface area contributed by atoms with Gasteiger partial charge in [0.25, 0.3) is 0 Å². The van der Waals surface area contributed by atoms with Crippen LogP contribution in [0.2, 0.25) is 0 Å². The van der Waals surface area contributed by atoms with Crippen molar-refractivity contribution in [1.29, 1.82) is 0 Å². The Hall–Kier alpha value is -1.84. The summed E-state index contributed by atoms with van der Waals surface area (Å²) >= 11 is 0. The molecule has 0 aliphatic heterocycles. The highest BCUT2D eigenvalue weighted by molar-refractivity contribution is 6.03. The third-order valence-corrected chi connectivity index (χ3v) is 8.29. The molecule has 1 aromatic carbocycles. The summed E-state index contributed by atoms with van der Waals surface area (Å²) in [6, 6.07) is 6.74. The maximum absolute atomic E-state index is 12.4. The van der Waals surface area contributed by atoms with Gasteiger partial charge in [-0.15, -0.1) is 0 Å². The van der Waals surface area contributed by atoms with Gasteiger partial charge in [-0.05, 0) is 25.0 Å². The summed E-state index contributed by atoms with van der Waals surface area (Å²) in [4.78, 5) is 24.7. The minimum absolute atomic E-state index is 0.293. The molecule has 0 unspecified atom stereocenters. The number of hydrogen-bond donors (Lipinski definition) is 0. The highest BCUT2D eigenvalue weighted by atomic mass is 16.5. The van der Waals surface area contributed by atoms with E-state index in [9.17, 15) is 9.59 Å². The molecule has 0 bridgehead atoms. The van der Waals surface area contributed by atoms with E-state index < -0.39 is 11.9 Å². The minimum atomic E-state index is -0.444. The van der Waals surface area contributed by atoms with Gasteiger partial charge in [0.15, 0.2) is 0 Å². The molecule has 0 fully saturated rings. The Bertz CT molecular complexity index is 696. The molecule has 4 heteroatoms. The molecule has 0 aliphatic carbocycles. The van der Waals surface area contributed by atoms with Crippen LogP contribution >= 0.6 is 0 Å². The predicted molar refractivity (Wildman–Crippen MR) is 190 cm³/mol. The fourth-order valence-electron chi connectivity index (χ4n) is 5.36. The quantitative estimate of drug-likeness (QED) is 0.0663. The number of hydrogen-bond acceptors (Lipinski definition) is 4. The van der Waals surface area contributed by atoms with Crippen molar-refractivity contribution in [3.05, 3.63) is 35.4 Å². The van der Waals surface area contributed by atoms with E-state index in [1.807, 2.05) is 0 Å². The van der Waals surface area contributed by atoms with Crippen LogP contribution in [0.3, 0.4) is 0 Å². The van der Waals surface area contributed by atoms with Gasteiger partial charge in [0.2, 0.25) is 0 Å². The third kappa shape index (κ3) is 26.6. The summed E-state index contributed by atoms with van der Waals surface area (Å²) in [6.45, 7) is 9.75. The number of esters is 2. The Kier molecular flexibility index (Phi) is 32.6. The average molecular weight is 617 g/mol. The largest absolute Gasteiger partial charge is 0.462 e. The van der Waals surface area contributed by atoms with Gasteiger partial charge in [0, 0.05) is 0 Å². The number of benzene rings is 1. The lowest BCUT2D eigenvalue weighted by Crippen LogP contribution is -2.15. The Morgan fingerprint density at radius 3 is 0.864 bits per heavy atom. The molecule has 0 spiro atoms. The second-order valence-corrected chi connectivity index (χ2v) is 12.6. The zero-order valence-corrected chi connectivity index (χ0v) is 29.7. The van der Waals surface area contributed by atoms with Crippen molar-refractivity contribution >= 4 is 11.9 Å². The third-order valence-electron chi connectivity index (χ3n) is 8.29. The first kappa shape index (κ1) is 42.2. The van der Waals surface area contributed by atoms with E-state index in [1.165, 1.54) is 141 Å². The van der Waals surface area contributed by atoms with Crippen LogP contribution in [0.4, 0.5) is 0 Å². The lowest BCUT2D eigenvalue weighted by molar-refractivity contribution is 0.0450.